The van der Waals surface area contributed by atoms with E-state index in [2.05, 4.69) is 18.9 Å². The van der Waals surface area contributed by atoms with Crippen molar-refractivity contribution in [2.45, 2.75) is 26.2 Å². The molecule has 0 saturated carbocycles. The molecule has 96 valence electrons. The van der Waals surface area contributed by atoms with E-state index in [0.29, 0.717) is 6.61 Å². The third-order valence-corrected chi connectivity index (χ3v) is 2.74. The number of benzene rings is 1. The van der Waals surface area contributed by atoms with E-state index >= 15 is 0 Å². The van der Waals surface area contributed by atoms with Crippen LogP contribution in [0.3, 0.4) is 0 Å². The van der Waals surface area contributed by atoms with Crippen molar-refractivity contribution in [1.82, 2.24) is 4.90 Å². The fraction of sp³-hybridized carbons (Fsp3) is 0.571. The summed E-state index contributed by atoms with van der Waals surface area (Å²) in [6.07, 6.45) is 3.85. The number of nitrogen functional groups attached to an aromatic ring is 1. The summed E-state index contributed by atoms with van der Waals surface area (Å²) in [6, 6.07) is 7.57. The van der Waals surface area contributed by atoms with Gasteiger partial charge in [0.1, 0.15) is 12.4 Å². The Bertz CT molecular complexity index is 315. The van der Waals surface area contributed by atoms with Crippen LogP contribution in [0.5, 0.6) is 5.75 Å². The van der Waals surface area contributed by atoms with Crippen LogP contribution < -0.4 is 10.5 Å². The van der Waals surface area contributed by atoms with Gasteiger partial charge in [0.25, 0.3) is 0 Å². The topological polar surface area (TPSA) is 38.5 Å². The molecule has 0 atom stereocenters. The molecule has 0 aliphatic heterocycles. The highest BCUT2D eigenvalue weighted by atomic mass is 16.5. The maximum atomic E-state index is 5.68. The first kappa shape index (κ1) is 13.8. The Hall–Kier alpha value is -1.22. The highest BCUT2D eigenvalue weighted by Gasteiger charge is 1.99. The minimum atomic E-state index is 0.714. The third-order valence-electron chi connectivity index (χ3n) is 2.74. The van der Waals surface area contributed by atoms with Crippen LogP contribution in [-0.2, 0) is 0 Å². The number of nitrogens with zero attached hydrogens (tertiary/aromatic N) is 1. The van der Waals surface area contributed by atoms with Crippen molar-refractivity contribution < 1.29 is 4.74 Å². The molecule has 1 aromatic carbocycles. The van der Waals surface area contributed by atoms with Crippen LogP contribution >= 0.6 is 0 Å². The lowest BCUT2D eigenvalue weighted by atomic mass is 10.2. The molecule has 1 rings (SSSR count). The van der Waals surface area contributed by atoms with Gasteiger partial charge in [-0.2, -0.15) is 0 Å². The summed E-state index contributed by atoms with van der Waals surface area (Å²) >= 11 is 0. The second-order valence-corrected chi connectivity index (χ2v) is 4.43. The fourth-order valence-electron chi connectivity index (χ4n) is 1.67. The summed E-state index contributed by atoms with van der Waals surface area (Å²) in [6.45, 7) is 5.04. The smallest absolute Gasteiger partial charge is 0.121 e. The van der Waals surface area contributed by atoms with Gasteiger partial charge in [0.2, 0.25) is 0 Å². The van der Waals surface area contributed by atoms with Crippen LogP contribution in [-0.4, -0.2) is 31.6 Å². The molecule has 17 heavy (non-hydrogen) atoms. The molecule has 0 fully saturated rings. The summed E-state index contributed by atoms with van der Waals surface area (Å²) in [4.78, 5) is 2.31. The molecule has 0 saturated heterocycles. The van der Waals surface area contributed by atoms with Crippen molar-refractivity contribution in [2.75, 3.05) is 32.5 Å². The van der Waals surface area contributed by atoms with Crippen LogP contribution in [0.1, 0.15) is 26.2 Å². The van der Waals surface area contributed by atoms with Gasteiger partial charge in [-0.1, -0.05) is 25.8 Å². The summed E-state index contributed by atoms with van der Waals surface area (Å²) in [5.41, 5.74) is 6.43. The molecule has 2 N–H and O–H groups in total. The first-order valence-corrected chi connectivity index (χ1v) is 6.39. The van der Waals surface area contributed by atoms with E-state index in [1.54, 1.807) is 0 Å². The molecule has 3 nitrogen and oxygen atoms in total. The monoisotopic (exact) mass is 236 g/mol. The van der Waals surface area contributed by atoms with Gasteiger partial charge in [0, 0.05) is 18.3 Å². The number of likely N-dealkylation sites (N-methyl/N-ethyl adjacent to an activating group) is 1. The second-order valence-electron chi connectivity index (χ2n) is 4.43. The molecular formula is C14H24N2O. The Morgan fingerprint density at radius 2 is 2.06 bits per heavy atom. The van der Waals surface area contributed by atoms with Crippen LogP contribution in [0.4, 0.5) is 5.69 Å². The number of unbranched alkanes of at least 4 members (excludes halogenated alkanes) is 2. The molecule has 0 amide bonds. The zero-order valence-electron chi connectivity index (χ0n) is 11.0. The fourth-order valence-corrected chi connectivity index (χ4v) is 1.67. The summed E-state index contributed by atoms with van der Waals surface area (Å²) < 4.78 is 5.64. The highest BCUT2D eigenvalue weighted by Crippen LogP contribution is 2.14. The zero-order valence-corrected chi connectivity index (χ0v) is 11.0. The van der Waals surface area contributed by atoms with E-state index < -0.39 is 0 Å². The minimum Gasteiger partial charge on any atom is -0.492 e. The standard InChI is InChI=1S/C14H24N2O/c1-3-4-5-9-16(2)10-11-17-14-8-6-7-13(15)12-14/h6-8,12H,3-5,9-11,15H2,1-2H3. The van der Waals surface area contributed by atoms with Gasteiger partial charge in [-0.05, 0) is 32.1 Å². The van der Waals surface area contributed by atoms with Gasteiger partial charge in [-0.3, -0.25) is 0 Å². The first-order valence-electron chi connectivity index (χ1n) is 6.39. The molecule has 0 spiro atoms. The van der Waals surface area contributed by atoms with Crippen LogP contribution in [0.25, 0.3) is 0 Å². The molecule has 3 heteroatoms. The lowest BCUT2D eigenvalue weighted by Gasteiger charge is -2.16. The Morgan fingerprint density at radius 3 is 2.76 bits per heavy atom. The number of hydrogen-bond donors (Lipinski definition) is 1. The average molecular weight is 236 g/mol. The molecule has 0 unspecified atom stereocenters. The molecule has 0 heterocycles. The number of rotatable bonds is 8. The van der Waals surface area contributed by atoms with E-state index in [4.69, 9.17) is 10.5 Å². The molecule has 0 aliphatic rings. The number of anilines is 1. The van der Waals surface area contributed by atoms with Gasteiger partial charge < -0.3 is 15.4 Å². The summed E-state index contributed by atoms with van der Waals surface area (Å²) in [5.74, 6) is 0.854. The van der Waals surface area contributed by atoms with Crippen molar-refractivity contribution in [1.29, 1.82) is 0 Å². The van der Waals surface area contributed by atoms with E-state index in [0.717, 1.165) is 24.5 Å². The third kappa shape index (κ3) is 6.17. The average Bonchev–Trinajstić information content (AvgIpc) is 2.29. The van der Waals surface area contributed by atoms with Crippen molar-refractivity contribution in [3.63, 3.8) is 0 Å². The second kappa shape index (κ2) is 7.96. The quantitative estimate of drug-likeness (QED) is 0.557. The first-order chi connectivity index (χ1) is 8.22. The molecule has 0 bridgehead atoms. The van der Waals surface area contributed by atoms with Gasteiger partial charge in [0.05, 0.1) is 0 Å². The highest BCUT2D eigenvalue weighted by molar-refractivity contribution is 5.43. The maximum absolute atomic E-state index is 5.68. The van der Waals surface area contributed by atoms with Gasteiger partial charge >= 0.3 is 0 Å². The number of ether oxygens (including phenoxy) is 1. The van der Waals surface area contributed by atoms with Crippen LogP contribution in [0, 0.1) is 0 Å². The van der Waals surface area contributed by atoms with Crippen molar-refractivity contribution in [3.8, 4) is 5.75 Å². The molecule has 0 aliphatic carbocycles. The van der Waals surface area contributed by atoms with E-state index in [9.17, 15) is 0 Å². The van der Waals surface area contributed by atoms with E-state index in [1.807, 2.05) is 24.3 Å². The van der Waals surface area contributed by atoms with E-state index in [-0.39, 0.29) is 0 Å². The van der Waals surface area contributed by atoms with Crippen molar-refractivity contribution in [3.05, 3.63) is 24.3 Å². The van der Waals surface area contributed by atoms with E-state index in [1.165, 1.54) is 19.3 Å². The predicted molar refractivity (Wildman–Crippen MR) is 73.4 cm³/mol. The van der Waals surface area contributed by atoms with Crippen molar-refractivity contribution >= 4 is 5.69 Å². The Balaban J connectivity index is 2.14. The molecule has 1 aromatic rings. The van der Waals surface area contributed by atoms with Crippen LogP contribution in [0.2, 0.25) is 0 Å². The van der Waals surface area contributed by atoms with Crippen LogP contribution in [0.15, 0.2) is 24.3 Å². The lowest BCUT2D eigenvalue weighted by Crippen LogP contribution is -2.25. The maximum Gasteiger partial charge on any atom is 0.121 e. The molecular weight excluding hydrogens is 212 g/mol. The van der Waals surface area contributed by atoms with Crippen molar-refractivity contribution in [2.24, 2.45) is 0 Å². The normalized spacial score (nSPS) is 10.8. The van der Waals surface area contributed by atoms with Gasteiger partial charge in [0.15, 0.2) is 0 Å². The van der Waals surface area contributed by atoms with Gasteiger partial charge in [-0.25, -0.2) is 0 Å². The SMILES string of the molecule is CCCCCN(C)CCOc1cccc(N)c1. The Morgan fingerprint density at radius 1 is 1.24 bits per heavy atom. The molecule has 0 aromatic heterocycles. The molecule has 0 radical (unpaired) electrons. The summed E-state index contributed by atoms with van der Waals surface area (Å²) in [7, 11) is 2.14. The number of nitrogens with two attached hydrogens (primary N) is 1. The largest absolute Gasteiger partial charge is 0.492 e. The number of hydrogen-bond acceptors (Lipinski definition) is 3. The predicted octanol–water partition coefficient (Wildman–Crippen LogP) is 2.77. The summed E-state index contributed by atoms with van der Waals surface area (Å²) in [5, 5.41) is 0. The van der Waals surface area contributed by atoms with Gasteiger partial charge in [-0.15, -0.1) is 0 Å². The minimum absolute atomic E-state index is 0.714. The zero-order chi connectivity index (χ0) is 12.5. The Kier molecular flexibility index (Phi) is 6.48. The Labute approximate surface area is 105 Å². The lowest BCUT2D eigenvalue weighted by molar-refractivity contribution is 0.235.